The Kier molecular flexibility index (Phi) is 7.35. The molecule has 7 heteroatoms. The van der Waals surface area contributed by atoms with Gasteiger partial charge < -0.3 is 18.6 Å². The number of hydrogen-bond donors (Lipinski definition) is 0. The zero-order chi connectivity index (χ0) is 22.2. The first-order chi connectivity index (χ1) is 15.0. The minimum absolute atomic E-state index is 0.0203. The average Bonchev–Trinajstić information content (AvgIpc) is 2.77. The molecule has 1 heterocycles. The second kappa shape index (κ2) is 10.4. The van der Waals surface area contributed by atoms with Crippen molar-refractivity contribution in [1.29, 1.82) is 0 Å². The van der Waals surface area contributed by atoms with Gasteiger partial charge in [0, 0.05) is 22.6 Å². The van der Waals surface area contributed by atoms with Crippen molar-refractivity contribution in [2.75, 3.05) is 26.4 Å². The van der Waals surface area contributed by atoms with Gasteiger partial charge >= 0.3 is 11.6 Å². The fourth-order valence-electron chi connectivity index (χ4n) is 2.72. The molecule has 0 saturated carbocycles. The molecule has 31 heavy (non-hydrogen) atoms. The van der Waals surface area contributed by atoms with Crippen LogP contribution in [0.1, 0.15) is 22.8 Å². The maximum atomic E-state index is 12.6. The van der Waals surface area contributed by atoms with Crippen LogP contribution in [0.4, 0.5) is 0 Å². The molecule has 1 aromatic heterocycles. The number of rotatable bonds is 10. The van der Waals surface area contributed by atoms with E-state index < -0.39 is 11.6 Å². The normalized spacial score (nSPS) is 10.6. The molecular weight excluding hydrogens is 400 g/mol. The van der Waals surface area contributed by atoms with Gasteiger partial charge in [0.05, 0.1) is 13.2 Å². The lowest BCUT2D eigenvalue weighted by molar-refractivity contribution is -0.140. The van der Waals surface area contributed by atoms with Crippen molar-refractivity contribution >= 4 is 22.7 Å². The van der Waals surface area contributed by atoms with Gasteiger partial charge in [-0.1, -0.05) is 36.9 Å². The molecule has 0 bridgehead atoms. The monoisotopic (exact) mass is 422 g/mol. The van der Waals surface area contributed by atoms with Crippen LogP contribution < -0.4 is 10.4 Å². The van der Waals surface area contributed by atoms with E-state index in [-0.39, 0.29) is 37.8 Å². The van der Waals surface area contributed by atoms with Crippen molar-refractivity contribution in [1.82, 2.24) is 0 Å². The van der Waals surface area contributed by atoms with Crippen molar-refractivity contribution in [3.05, 3.63) is 88.3 Å². The third kappa shape index (κ3) is 5.90. The highest BCUT2D eigenvalue weighted by atomic mass is 16.6. The first kappa shape index (κ1) is 22.0. The Morgan fingerprint density at radius 3 is 2.45 bits per heavy atom. The van der Waals surface area contributed by atoms with Crippen LogP contribution >= 0.6 is 0 Å². The number of hydrogen-bond acceptors (Lipinski definition) is 7. The van der Waals surface area contributed by atoms with Gasteiger partial charge in [0.15, 0.2) is 5.78 Å². The molecule has 0 unspecified atom stereocenters. The van der Waals surface area contributed by atoms with E-state index in [0.717, 1.165) is 0 Å². The summed E-state index contributed by atoms with van der Waals surface area (Å²) in [5, 5.41) is 0.613. The van der Waals surface area contributed by atoms with Crippen LogP contribution in [0.3, 0.4) is 0 Å². The van der Waals surface area contributed by atoms with Crippen molar-refractivity contribution < 1.29 is 28.2 Å². The molecule has 7 nitrogen and oxygen atoms in total. The highest BCUT2D eigenvalue weighted by Crippen LogP contribution is 2.21. The Morgan fingerprint density at radius 1 is 0.968 bits per heavy atom. The number of ketones is 1. The van der Waals surface area contributed by atoms with Gasteiger partial charge in [-0.15, -0.1) is 0 Å². The van der Waals surface area contributed by atoms with E-state index in [2.05, 4.69) is 6.58 Å². The summed E-state index contributed by atoms with van der Waals surface area (Å²) in [7, 11) is 0. The van der Waals surface area contributed by atoms with Gasteiger partial charge in [-0.2, -0.15) is 0 Å². The highest BCUT2D eigenvalue weighted by molar-refractivity contribution is 6.09. The zero-order valence-corrected chi connectivity index (χ0v) is 17.1. The third-order valence-electron chi connectivity index (χ3n) is 4.29. The van der Waals surface area contributed by atoms with Crippen molar-refractivity contribution in [2.24, 2.45) is 0 Å². The first-order valence-electron chi connectivity index (χ1n) is 9.66. The standard InChI is InChI=1S/C24H22O7/c1-16(2)23(26)30-13-11-28-10-12-29-19-9-8-18-14-20(24(27)31-21(18)15-19)22(25)17-6-4-3-5-7-17/h3-9,14-15H,1,10-13H2,2H3. The predicted molar refractivity (Wildman–Crippen MR) is 114 cm³/mol. The number of carbonyl (C=O) groups is 2. The van der Waals surface area contributed by atoms with Gasteiger partial charge in [0.25, 0.3) is 0 Å². The maximum absolute atomic E-state index is 12.6. The third-order valence-corrected chi connectivity index (χ3v) is 4.29. The van der Waals surface area contributed by atoms with Gasteiger partial charge in [-0.3, -0.25) is 4.79 Å². The van der Waals surface area contributed by atoms with Crippen LogP contribution in [-0.4, -0.2) is 38.2 Å². The van der Waals surface area contributed by atoms with E-state index in [4.69, 9.17) is 18.6 Å². The lowest BCUT2D eigenvalue weighted by Gasteiger charge is -2.09. The Hall–Kier alpha value is -3.71. The smallest absolute Gasteiger partial charge is 0.347 e. The van der Waals surface area contributed by atoms with E-state index >= 15 is 0 Å². The van der Waals surface area contributed by atoms with E-state index in [0.29, 0.717) is 27.9 Å². The minimum atomic E-state index is -0.703. The molecule has 0 amide bonds. The topological polar surface area (TPSA) is 92.0 Å². The fraction of sp³-hybridized carbons (Fsp3) is 0.208. The number of benzene rings is 2. The Balaban J connectivity index is 1.56. The number of ether oxygens (including phenoxy) is 3. The highest BCUT2D eigenvalue weighted by Gasteiger charge is 2.15. The summed E-state index contributed by atoms with van der Waals surface area (Å²) in [6.45, 7) is 5.99. The Bertz CT molecular complexity index is 1150. The molecule has 0 spiro atoms. The van der Waals surface area contributed by atoms with Crippen LogP contribution in [0.5, 0.6) is 5.75 Å². The summed E-state index contributed by atoms with van der Waals surface area (Å²) in [5.74, 6) is -0.344. The molecule has 0 aliphatic rings. The second-order valence-corrected chi connectivity index (χ2v) is 6.72. The van der Waals surface area contributed by atoms with Crippen LogP contribution in [0, 0.1) is 0 Å². The Morgan fingerprint density at radius 2 is 1.71 bits per heavy atom. The summed E-state index contributed by atoms with van der Waals surface area (Å²) in [6, 6.07) is 15.1. The zero-order valence-electron chi connectivity index (χ0n) is 17.1. The van der Waals surface area contributed by atoms with E-state index in [1.54, 1.807) is 55.5 Å². The SMILES string of the molecule is C=C(C)C(=O)OCCOCCOc1ccc2cc(C(=O)c3ccccc3)c(=O)oc2c1. The maximum Gasteiger partial charge on any atom is 0.347 e. The number of fused-ring (bicyclic) bond motifs is 1. The van der Waals surface area contributed by atoms with E-state index in [1.165, 1.54) is 6.07 Å². The quantitative estimate of drug-likeness (QED) is 0.162. The van der Waals surface area contributed by atoms with Crippen LogP contribution in [0.25, 0.3) is 11.0 Å². The molecule has 3 aromatic rings. The van der Waals surface area contributed by atoms with E-state index in [9.17, 15) is 14.4 Å². The van der Waals surface area contributed by atoms with Gasteiger partial charge in [-0.05, 0) is 25.1 Å². The van der Waals surface area contributed by atoms with Crippen molar-refractivity contribution in [3.8, 4) is 5.75 Å². The van der Waals surface area contributed by atoms with Crippen LogP contribution in [-0.2, 0) is 14.3 Å². The van der Waals surface area contributed by atoms with Crippen LogP contribution in [0.15, 0.2) is 76.0 Å². The molecule has 2 aromatic carbocycles. The lowest BCUT2D eigenvalue weighted by atomic mass is 10.0. The number of esters is 1. The molecule has 0 saturated heterocycles. The summed E-state index contributed by atoms with van der Waals surface area (Å²) >= 11 is 0. The molecule has 3 rings (SSSR count). The first-order valence-corrected chi connectivity index (χ1v) is 9.66. The Labute approximate surface area is 178 Å². The molecule has 0 fully saturated rings. The lowest BCUT2D eigenvalue weighted by Crippen LogP contribution is -2.15. The molecule has 0 N–H and O–H groups in total. The van der Waals surface area contributed by atoms with Crippen molar-refractivity contribution in [3.63, 3.8) is 0 Å². The number of carbonyl (C=O) groups excluding carboxylic acids is 2. The molecule has 0 radical (unpaired) electrons. The minimum Gasteiger partial charge on any atom is -0.491 e. The summed E-state index contributed by atoms with van der Waals surface area (Å²) in [5.41, 5.74) is 0.352. The second-order valence-electron chi connectivity index (χ2n) is 6.72. The molecule has 0 aliphatic carbocycles. The summed E-state index contributed by atoms with van der Waals surface area (Å²) in [4.78, 5) is 36.1. The van der Waals surface area contributed by atoms with Gasteiger partial charge in [-0.25, -0.2) is 9.59 Å². The van der Waals surface area contributed by atoms with Gasteiger partial charge in [0.2, 0.25) is 0 Å². The molecular formula is C24H22O7. The van der Waals surface area contributed by atoms with Crippen molar-refractivity contribution in [2.45, 2.75) is 6.92 Å². The van der Waals surface area contributed by atoms with Gasteiger partial charge in [0.1, 0.15) is 30.1 Å². The molecule has 0 aliphatic heterocycles. The summed E-state index contributed by atoms with van der Waals surface area (Å²) < 4.78 is 21.2. The average molecular weight is 422 g/mol. The fourth-order valence-corrected chi connectivity index (χ4v) is 2.72. The summed E-state index contributed by atoms with van der Waals surface area (Å²) in [6.07, 6.45) is 0. The largest absolute Gasteiger partial charge is 0.491 e. The molecule has 0 atom stereocenters. The van der Waals surface area contributed by atoms with E-state index in [1.807, 2.05) is 0 Å². The molecule has 160 valence electrons. The van der Waals surface area contributed by atoms with Crippen LogP contribution in [0.2, 0.25) is 0 Å². The predicted octanol–water partition coefficient (Wildman–Crippen LogP) is 3.54.